The molecule has 3 aromatic rings. The average molecular weight is 415 g/mol. The van der Waals surface area contributed by atoms with E-state index in [2.05, 4.69) is 25.4 Å². The molecule has 12 heteroatoms. The molecule has 0 unspecified atom stereocenters. The van der Waals surface area contributed by atoms with Crippen LogP contribution in [0.15, 0.2) is 54.2 Å². The molecule has 1 fully saturated rings. The first-order valence-corrected chi connectivity index (χ1v) is 10.1. The standard InChI is InChI=1S/C17H17N7O4S/c25-17(22-15-9-16(20-11-19-15)24-12-18-10-21-24)13-1-3-14(4-2-13)29(26,27)23-5-7-28-8-6-23/h1-4,9-12H,5-8H2,(H,19,20,22,25). The Bertz CT molecular complexity index is 1100. The second kappa shape index (κ2) is 8.03. The molecule has 0 atom stereocenters. The second-order valence-electron chi connectivity index (χ2n) is 6.10. The van der Waals surface area contributed by atoms with Gasteiger partial charge in [0.15, 0.2) is 5.82 Å². The lowest BCUT2D eigenvalue weighted by atomic mass is 10.2. The van der Waals surface area contributed by atoms with Gasteiger partial charge in [-0.25, -0.2) is 28.1 Å². The summed E-state index contributed by atoms with van der Waals surface area (Å²) in [7, 11) is -3.61. The highest BCUT2D eigenvalue weighted by Gasteiger charge is 2.26. The van der Waals surface area contributed by atoms with Crippen molar-refractivity contribution in [2.75, 3.05) is 31.6 Å². The first kappa shape index (κ1) is 19.1. The molecule has 3 heterocycles. The number of aromatic nitrogens is 5. The van der Waals surface area contributed by atoms with E-state index in [4.69, 9.17) is 4.74 Å². The molecule has 11 nitrogen and oxygen atoms in total. The highest BCUT2D eigenvalue weighted by atomic mass is 32.2. The van der Waals surface area contributed by atoms with Gasteiger partial charge in [0, 0.05) is 24.7 Å². The number of sulfonamides is 1. The number of hydrogen-bond acceptors (Lipinski definition) is 8. The summed E-state index contributed by atoms with van der Waals surface area (Å²) in [5.41, 5.74) is 0.298. The molecule has 29 heavy (non-hydrogen) atoms. The van der Waals surface area contributed by atoms with Gasteiger partial charge in [-0.05, 0) is 24.3 Å². The average Bonchev–Trinajstić information content (AvgIpc) is 3.30. The van der Waals surface area contributed by atoms with E-state index in [-0.39, 0.29) is 10.7 Å². The zero-order valence-electron chi connectivity index (χ0n) is 15.2. The van der Waals surface area contributed by atoms with Crippen molar-refractivity contribution in [3.8, 4) is 5.82 Å². The van der Waals surface area contributed by atoms with Crippen LogP contribution in [0.4, 0.5) is 5.82 Å². The molecule has 0 bridgehead atoms. The van der Waals surface area contributed by atoms with Gasteiger partial charge in [-0.3, -0.25) is 4.79 Å². The zero-order valence-corrected chi connectivity index (χ0v) is 16.0. The van der Waals surface area contributed by atoms with Crippen LogP contribution >= 0.6 is 0 Å². The fourth-order valence-corrected chi connectivity index (χ4v) is 4.18. The molecule has 1 aromatic carbocycles. The van der Waals surface area contributed by atoms with Crippen molar-refractivity contribution in [3.05, 3.63) is 54.9 Å². The van der Waals surface area contributed by atoms with Gasteiger partial charge in [0.2, 0.25) is 10.0 Å². The molecule has 1 N–H and O–H groups in total. The largest absolute Gasteiger partial charge is 0.379 e. The number of rotatable bonds is 5. The number of carbonyl (C=O) groups is 1. The summed E-state index contributed by atoms with van der Waals surface area (Å²) in [5, 5.41) is 6.62. The minimum Gasteiger partial charge on any atom is -0.379 e. The lowest BCUT2D eigenvalue weighted by Crippen LogP contribution is -2.40. The Labute approximate surface area is 166 Å². The minimum atomic E-state index is -3.61. The molecule has 1 aliphatic heterocycles. The van der Waals surface area contributed by atoms with Crippen LogP contribution in [0.1, 0.15) is 10.4 Å². The number of amides is 1. The lowest BCUT2D eigenvalue weighted by molar-refractivity contribution is 0.0730. The van der Waals surface area contributed by atoms with Crippen molar-refractivity contribution < 1.29 is 17.9 Å². The highest BCUT2D eigenvalue weighted by Crippen LogP contribution is 2.18. The van der Waals surface area contributed by atoms with Crippen LogP contribution in [-0.2, 0) is 14.8 Å². The first-order valence-electron chi connectivity index (χ1n) is 8.70. The maximum absolute atomic E-state index is 12.6. The van der Waals surface area contributed by atoms with E-state index in [0.717, 1.165) is 0 Å². The van der Waals surface area contributed by atoms with Crippen LogP contribution in [0.2, 0.25) is 0 Å². The smallest absolute Gasteiger partial charge is 0.256 e. The molecule has 1 amide bonds. The molecule has 0 saturated carbocycles. The fraction of sp³-hybridized carbons (Fsp3) is 0.235. The first-order chi connectivity index (χ1) is 14.0. The van der Waals surface area contributed by atoms with E-state index >= 15 is 0 Å². The fourth-order valence-electron chi connectivity index (χ4n) is 2.77. The molecule has 1 aliphatic rings. The SMILES string of the molecule is O=C(Nc1cc(-n2cncn2)ncn1)c1ccc(S(=O)(=O)N2CCOCC2)cc1. The monoisotopic (exact) mass is 415 g/mol. The van der Waals surface area contributed by atoms with Crippen LogP contribution in [0.5, 0.6) is 0 Å². The molecular weight excluding hydrogens is 398 g/mol. The lowest BCUT2D eigenvalue weighted by Gasteiger charge is -2.26. The second-order valence-corrected chi connectivity index (χ2v) is 8.03. The summed E-state index contributed by atoms with van der Waals surface area (Å²) in [4.78, 5) is 24.5. The predicted molar refractivity (Wildman–Crippen MR) is 101 cm³/mol. The number of carbonyl (C=O) groups excluding carboxylic acids is 1. The van der Waals surface area contributed by atoms with Crippen molar-refractivity contribution in [3.63, 3.8) is 0 Å². The summed E-state index contributed by atoms with van der Waals surface area (Å²) in [6.45, 7) is 1.36. The number of morpholine rings is 1. The van der Waals surface area contributed by atoms with E-state index in [9.17, 15) is 13.2 Å². The Morgan fingerprint density at radius 2 is 1.83 bits per heavy atom. The van der Waals surface area contributed by atoms with E-state index in [1.165, 1.54) is 52.2 Å². The number of benzene rings is 1. The van der Waals surface area contributed by atoms with Gasteiger partial charge in [-0.2, -0.15) is 9.40 Å². The quantitative estimate of drug-likeness (QED) is 0.630. The number of hydrogen-bond donors (Lipinski definition) is 1. The molecular formula is C17H17N7O4S. The molecule has 1 saturated heterocycles. The Morgan fingerprint density at radius 3 is 2.52 bits per heavy atom. The topological polar surface area (TPSA) is 132 Å². The van der Waals surface area contributed by atoms with Crippen LogP contribution in [-0.4, -0.2) is 69.7 Å². The van der Waals surface area contributed by atoms with Gasteiger partial charge < -0.3 is 10.1 Å². The third-order valence-corrected chi connectivity index (χ3v) is 6.18. The highest BCUT2D eigenvalue weighted by molar-refractivity contribution is 7.89. The molecule has 0 radical (unpaired) electrons. The van der Waals surface area contributed by atoms with Gasteiger partial charge in [-0.15, -0.1) is 0 Å². The third-order valence-electron chi connectivity index (χ3n) is 4.27. The summed E-state index contributed by atoms with van der Waals surface area (Å²) in [5.74, 6) is 0.295. The normalized spacial score (nSPS) is 15.2. The third kappa shape index (κ3) is 4.13. The van der Waals surface area contributed by atoms with Crippen molar-refractivity contribution in [1.82, 2.24) is 29.0 Å². The Balaban J connectivity index is 1.48. The Hall–Kier alpha value is -3.22. The molecule has 4 rings (SSSR count). The van der Waals surface area contributed by atoms with Crippen LogP contribution in [0, 0.1) is 0 Å². The Kier molecular flexibility index (Phi) is 5.29. The van der Waals surface area contributed by atoms with Crippen LogP contribution in [0.25, 0.3) is 5.82 Å². The van der Waals surface area contributed by atoms with Gasteiger partial charge in [0.05, 0.1) is 18.1 Å². The maximum atomic E-state index is 12.6. The maximum Gasteiger partial charge on any atom is 0.256 e. The summed E-state index contributed by atoms with van der Waals surface area (Å²) in [6.07, 6.45) is 4.14. The number of nitrogens with one attached hydrogen (secondary N) is 1. The van der Waals surface area contributed by atoms with E-state index in [1.54, 1.807) is 6.07 Å². The summed E-state index contributed by atoms with van der Waals surface area (Å²) < 4.78 is 33.3. The summed E-state index contributed by atoms with van der Waals surface area (Å²) >= 11 is 0. The van der Waals surface area contributed by atoms with Crippen molar-refractivity contribution in [1.29, 1.82) is 0 Å². The van der Waals surface area contributed by atoms with Crippen molar-refractivity contribution in [2.24, 2.45) is 0 Å². The van der Waals surface area contributed by atoms with Gasteiger partial charge in [0.25, 0.3) is 5.91 Å². The van der Waals surface area contributed by atoms with E-state index < -0.39 is 15.9 Å². The minimum absolute atomic E-state index is 0.131. The van der Waals surface area contributed by atoms with Crippen molar-refractivity contribution >= 4 is 21.7 Å². The molecule has 0 spiro atoms. The molecule has 150 valence electrons. The van der Waals surface area contributed by atoms with Crippen LogP contribution in [0.3, 0.4) is 0 Å². The summed E-state index contributed by atoms with van der Waals surface area (Å²) in [6, 6.07) is 7.30. The molecule has 0 aliphatic carbocycles. The molecule has 2 aromatic heterocycles. The van der Waals surface area contributed by atoms with E-state index in [0.29, 0.717) is 37.7 Å². The number of anilines is 1. The van der Waals surface area contributed by atoms with Crippen molar-refractivity contribution in [2.45, 2.75) is 4.90 Å². The van der Waals surface area contributed by atoms with Gasteiger partial charge in [0.1, 0.15) is 24.8 Å². The Morgan fingerprint density at radius 1 is 1.07 bits per heavy atom. The zero-order chi connectivity index (χ0) is 20.3. The number of ether oxygens (including phenoxy) is 1. The predicted octanol–water partition coefficient (Wildman–Crippen LogP) is 0.331. The van der Waals surface area contributed by atoms with Gasteiger partial charge in [-0.1, -0.05) is 0 Å². The van der Waals surface area contributed by atoms with Crippen LogP contribution < -0.4 is 5.32 Å². The van der Waals surface area contributed by atoms with E-state index in [1.807, 2.05) is 0 Å². The van der Waals surface area contributed by atoms with Gasteiger partial charge >= 0.3 is 0 Å². The number of nitrogens with zero attached hydrogens (tertiary/aromatic N) is 6.